The quantitative estimate of drug-likeness (QED) is 0.819. The van der Waals surface area contributed by atoms with Gasteiger partial charge in [-0.2, -0.15) is 21.6 Å². The number of halogens is 4. The number of alkyl halides is 3. The lowest BCUT2D eigenvalue weighted by atomic mass is 10.1. The first kappa shape index (κ1) is 18.2. The molecule has 10 heteroatoms. The summed E-state index contributed by atoms with van der Waals surface area (Å²) >= 11 is 0. The minimum Gasteiger partial charge on any atom is -0.307 e. The van der Waals surface area contributed by atoms with E-state index < -0.39 is 21.3 Å². The van der Waals surface area contributed by atoms with Gasteiger partial charge in [0.25, 0.3) is 0 Å². The van der Waals surface area contributed by atoms with E-state index in [9.17, 15) is 30.8 Å². The first-order valence-electron chi connectivity index (χ1n) is 7.34. The molecule has 2 aromatic carbocycles. The fraction of sp³-hybridized carbons (Fsp3) is 0.188. The van der Waals surface area contributed by atoms with Crippen LogP contribution < -0.4 is 9.62 Å². The Bertz CT molecular complexity index is 956. The van der Waals surface area contributed by atoms with Gasteiger partial charge >= 0.3 is 15.5 Å². The smallest absolute Gasteiger partial charge is 0.307 e. The monoisotopic (exact) mass is 388 g/mol. The van der Waals surface area contributed by atoms with Crippen LogP contribution in [0.15, 0.2) is 42.5 Å². The summed E-state index contributed by atoms with van der Waals surface area (Å²) in [5.74, 6) is -0.674. The second-order valence-corrected chi connectivity index (χ2v) is 7.35. The molecule has 0 atom stereocenters. The molecule has 0 saturated carbocycles. The molecule has 0 unspecified atom stereocenters. The van der Waals surface area contributed by atoms with E-state index in [0.717, 1.165) is 0 Å². The average Bonchev–Trinajstić information content (AvgIpc) is 2.82. The summed E-state index contributed by atoms with van der Waals surface area (Å²) in [6.45, 7) is 0.129. The zero-order valence-electron chi connectivity index (χ0n) is 13.0. The Kier molecular flexibility index (Phi) is 4.39. The summed E-state index contributed by atoms with van der Waals surface area (Å²) in [4.78, 5) is 13.5. The number of carbonyl (C=O) groups is 1. The van der Waals surface area contributed by atoms with Crippen LogP contribution in [0.4, 0.5) is 28.9 Å². The van der Waals surface area contributed by atoms with E-state index in [2.05, 4.69) is 0 Å². The highest BCUT2D eigenvalue weighted by atomic mass is 32.2. The number of amides is 1. The van der Waals surface area contributed by atoms with Crippen molar-refractivity contribution in [2.45, 2.75) is 18.5 Å². The second kappa shape index (κ2) is 6.27. The zero-order chi connectivity index (χ0) is 19.1. The van der Waals surface area contributed by atoms with Crippen molar-refractivity contribution in [3.63, 3.8) is 0 Å². The lowest BCUT2D eigenvalue weighted by Crippen LogP contribution is -2.30. The largest absolute Gasteiger partial charge is 0.516 e. The minimum absolute atomic E-state index is 0.0660. The molecular weight excluding hydrogens is 376 g/mol. The van der Waals surface area contributed by atoms with Crippen LogP contribution >= 0.6 is 0 Å². The molecule has 5 nitrogen and oxygen atoms in total. The molecule has 0 spiro atoms. The van der Waals surface area contributed by atoms with Gasteiger partial charge in [-0.15, -0.1) is 0 Å². The molecule has 1 amide bonds. The maximum Gasteiger partial charge on any atom is 0.516 e. The molecule has 0 bridgehead atoms. The van der Waals surface area contributed by atoms with Crippen molar-refractivity contribution in [3.8, 4) is 0 Å². The Labute approximate surface area is 146 Å². The van der Waals surface area contributed by atoms with Crippen molar-refractivity contribution in [2.24, 2.45) is 0 Å². The number of hydrogen-bond acceptors (Lipinski definition) is 3. The predicted octanol–water partition coefficient (Wildman–Crippen LogP) is 3.18. The summed E-state index contributed by atoms with van der Waals surface area (Å²) in [6.07, 6.45) is 0.0660. The van der Waals surface area contributed by atoms with Crippen molar-refractivity contribution in [2.75, 3.05) is 9.62 Å². The van der Waals surface area contributed by atoms with E-state index in [1.807, 2.05) is 0 Å². The van der Waals surface area contributed by atoms with Crippen LogP contribution in [0.3, 0.4) is 0 Å². The topological polar surface area (TPSA) is 66.5 Å². The van der Waals surface area contributed by atoms with Gasteiger partial charge in [0.2, 0.25) is 5.91 Å². The molecule has 0 radical (unpaired) electrons. The van der Waals surface area contributed by atoms with Crippen LogP contribution in [0.2, 0.25) is 0 Å². The Morgan fingerprint density at radius 3 is 2.35 bits per heavy atom. The van der Waals surface area contributed by atoms with E-state index in [1.165, 1.54) is 52.1 Å². The van der Waals surface area contributed by atoms with Crippen LogP contribution in [0.25, 0.3) is 0 Å². The number of carbonyl (C=O) groups excluding carboxylic acids is 1. The third-order valence-electron chi connectivity index (χ3n) is 3.83. The summed E-state index contributed by atoms with van der Waals surface area (Å²) in [6, 6.07) is 9.16. The van der Waals surface area contributed by atoms with Crippen molar-refractivity contribution >= 4 is 27.3 Å². The summed E-state index contributed by atoms with van der Waals surface area (Å²) in [5, 5.41) is 0. The number of fused-ring (bicyclic) bond motifs is 1. The summed E-state index contributed by atoms with van der Waals surface area (Å²) in [7, 11) is -5.49. The number of nitrogens with one attached hydrogen (secondary N) is 1. The van der Waals surface area contributed by atoms with Crippen LogP contribution in [-0.2, 0) is 27.8 Å². The van der Waals surface area contributed by atoms with E-state index in [4.69, 9.17) is 0 Å². The predicted molar refractivity (Wildman–Crippen MR) is 86.3 cm³/mol. The van der Waals surface area contributed by atoms with Crippen molar-refractivity contribution in [1.82, 2.24) is 0 Å². The summed E-state index contributed by atoms with van der Waals surface area (Å²) in [5.41, 5.74) is -3.96. The highest BCUT2D eigenvalue weighted by Gasteiger charge is 2.46. The van der Waals surface area contributed by atoms with Gasteiger partial charge in [-0.1, -0.05) is 12.1 Å². The number of anilines is 2. The molecule has 138 valence electrons. The van der Waals surface area contributed by atoms with E-state index >= 15 is 0 Å². The van der Waals surface area contributed by atoms with Crippen LogP contribution in [0.5, 0.6) is 0 Å². The van der Waals surface area contributed by atoms with Gasteiger partial charge in [0, 0.05) is 11.4 Å². The molecular formula is C16H12F4N2O3S. The number of sulfonamides is 1. The van der Waals surface area contributed by atoms with E-state index in [-0.39, 0.29) is 24.6 Å². The fourth-order valence-corrected chi connectivity index (χ4v) is 3.16. The Morgan fingerprint density at radius 2 is 1.73 bits per heavy atom. The lowest BCUT2D eigenvalue weighted by molar-refractivity contribution is -0.117. The first-order valence-corrected chi connectivity index (χ1v) is 8.82. The maximum atomic E-state index is 13.2. The highest BCUT2D eigenvalue weighted by molar-refractivity contribution is 7.93. The normalized spacial score (nSPS) is 14.5. The maximum absolute atomic E-state index is 13.2. The third kappa shape index (κ3) is 3.50. The summed E-state index contributed by atoms with van der Waals surface area (Å²) < 4.78 is 73.9. The van der Waals surface area contributed by atoms with Gasteiger partial charge < -0.3 is 4.90 Å². The molecule has 0 saturated heterocycles. The number of hydrogen-bond donors (Lipinski definition) is 1. The molecule has 1 aliphatic heterocycles. The zero-order valence-corrected chi connectivity index (χ0v) is 13.9. The molecule has 26 heavy (non-hydrogen) atoms. The van der Waals surface area contributed by atoms with Crippen LogP contribution in [-0.4, -0.2) is 19.8 Å². The molecule has 0 aromatic heterocycles. The van der Waals surface area contributed by atoms with Crippen molar-refractivity contribution in [1.29, 1.82) is 0 Å². The molecule has 1 N–H and O–H groups in total. The molecule has 1 heterocycles. The Balaban J connectivity index is 1.76. The first-order chi connectivity index (χ1) is 12.1. The standard InChI is InChI=1S/C16H12F4N2O3S/c17-12-3-6-14-11(7-12)8-15(23)22(14)9-10-1-4-13(5-2-10)21-26(24,25)16(18,19)20/h1-7,21H,8-9H2. The van der Waals surface area contributed by atoms with Crippen molar-refractivity contribution < 1.29 is 30.8 Å². The fourth-order valence-electron chi connectivity index (χ4n) is 2.60. The van der Waals surface area contributed by atoms with Crippen LogP contribution in [0.1, 0.15) is 11.1 Å². The Morgan fingerprint density at radius 1 is 1.08 bits per heavy atom. The van der Waals surface area contributed by atoms with Gasteiger partial charge in [0.1, 0.15) is 5.82 Å². The highest BCUT2D eigenvalue weighted by Crippen LogP contribution is 2.31. The van der Waals surface area contributed by atoms with E-state index in [1.54, 1.807) is 0 Å². The molecule has 3 rings (SSSR count). The van der Waals surface area contributed by atoms with Crippen LogP contribution in [0, 0.1) is 5.82 Å². The van der Waals surface area contributed by atoms with E-state index in [0.29, 0.717) is 16.8 Å². The number of nitrogens with zero attached hydrogens (tertiary/aromatic N) is 1. The minimum atomic E-state index is -5.49. The molecule has 1 aliphatic rings. The number of rotatable bonds is 4. The van der Waals surface area contributed by atoms with Gasteiger partial charge in [-0.3, -0.25) is 9.52 Å². The Hall–Kier alpha value is -2.62. The van der Waals surface area contributed by atoms with Gasteiger partial charge in [-0.05, 0) is 41.5 Å². The number of benzene rings is 2. The second-order valence-electron chi connectivity index (χ2n) is 5.68. The van der Waals surface area contributed by atoms with Gasteiger partial charge in [0.05, 0.1) is 13.0 Å². The molecule has 0 fully saturated rings. The molecule has 2 aromatic rings. The SMILES string of the molecule is O=C1Cc2cc(F)ccc2N1Cc1ccc(NS(=O)(=O)C(F)(F)F)cc1. The average molecular weight is 388 g/mol. The van der Waals surface area contributed by atoms with Gasteiger partial charge in [0.15, 0.2) is 0 Å². The molecule has 0 aliphatic carbocycles. The van der Waals surface area contributed by atoms with Crippen molar-refractivity contribution in [3.05, 3.63) is 59.4 Å². The third-order valence-corrected chi connectivity index (χ3v) is 4.94. The lowest BCUT2D eigenvalue weighted by Gasteiger charge is -2.18. The van der Waals surface area contributed by atoms with Gasteiger partial charge in [-0.25, -0.2) is 4.39 Å².